The van der Waals surface area contributed by atoms with Crippen LogP contribution in [0.15, 0.2) is 12.1 Å². The number of piperidine rings is 1. The molecule has 1 fully saturated rings. The smallest absolute Gasteiger partial charge is 0.142 e. The molecule has 0 aromatic heterocycles. The highest BCUT2D eigenvalue weighted by atomic mass is 35.5. The fourth-order valence-corrected chi connectivity index (χ4v) is 3.52. The number of nitrogens with two attached hydrogens (primary N) is 1. The zero-order valence-electron chi connectivity index (χ0n) is 11.7. The van der Waals surface area contributed by atoms with E-state index >= 15 is 0 Å². The molecule has 2 atom stereocenters. The van der Waals surface area contributed by atoms with Crippen molar-refractivity contribution in [2.75, 3.05) is 19.6 Å². The first-order chi connectivity index (χ1) is 9.52. The quantitative estimate of drug-likeness (QED) is 0.841. The van der Waals surface area contributed by atoms with Crippen LogP contribution in [0.3, 0.4) is 0 Å². The van der Waals surface area contributed by atoms with Crippen LogP contribution < -0.4 is 5.73 Å². The summed E-state index contributed by atoms with van der Waals surface area (Å²) in [6, 6.07) is 3.04. The molecule has 2 N–H and O–H groups in total. The largest absolute Gasteiger partial charge is 0.330 e. The summed E-state index contributed by atoms with van der Waals surface area (Å²) in [5.74, 6) is 0.223. The maximum Gasteiger partial charge on any atom is 0.142 e. The summed E-state index contributed by atoms with van der Waals surface area (Å²) < 4.78 is 13.7. The van der Waals surface area contributed by atoms with E-state index in [9.17, 15) is 4.39 Å². The van der Waals surface area contributed by atoms with Gasteiger partial charge in [0.25, 0.3) is 0 Å². The third-order valence-corrected chi connectivity index (χ3v) is 4.78. The van der Waals surface area contributed by atoms with Crippen LogP contribution in [0.2, 0.25) is 10.0 Å². The third-order valence-electron chi connectivity index (χ3n) is 4.16. The van der Waals surface area contributed by atoms with E-state index in [2.05, 4.69) is 11.8 Å². The van der Waals surface area contributed by atoms with E-state index < -0.39 is 5.82 Å². The van der Waals surface area contributed by atoms with Crippen LogP contribution in [-0.2, 0) is 0 Å². The predicted octanol–water partition coefficient (Wildman–Crippen LogP) is 4.25. The number of halogens is 3. The van der Waals surface area contributed by atoms with E-state index in [0.29, 0.717) is 10.9 Å². The second-order valence-electron chi connectivity index (χ2n) is 5.54. The minimum absolute atomic E-state index is 0.0746. The first-order valence-electron chi connectivity index (χ1n) is 7.11. The Labute approximate surface area is 130 Å². The molecule has 1 aromatic rings. The van der Waals surface area contributed by atoms with Crippen LogP contribution in [0.5, 0.6) is 0 Å². The molecule has 0 saturated carbocycles. The van der Waals surface area contributed by atoms with E-state index in [1.807, 2.05) is 0 Å². The van der Waals surface area contributed by atoms with Crippen molar-refractivity contribution < 1.29 is 4.39 Å². The van der Waals surface area contributed by atoms with Crippen molar-refractivity contribution in [1.82, 2.24) is 4.90 Å². The zero-order valence-corrected chi connectivity index (χ0v) is 13.2. The van der Waals surface area contributed by atoms with Crippen LogP contribution in [0.1, 0.15) is 37.8 Å². The van der Waals surface area contributed by atoms with Gasteiger partial charge in [-0.15, -0.1) is 0 Å². The molecule has 0 bridgehead atoms. The van der Waals surface area contributed by atoms with E-state index in [0.717, 1.165) is 38.0 Å². The van der Waals surface area contributed by atoms with Crippen LogP contribution in [0.25, 0.3) is 0 Å². The Bertz CT molecular complexity index is 465. The molecule has 1 aromatic carbocycles. The highest BCUT2D eigenvalue weighted by Crippen LogP contribution is 2.34. The summed E-state index contributed by atoms with van der Waals surface area (Å²) in [7, 11) is 0. The molecule has 2 rings (SSSR count). The van der Waals surface area contributed by atoms with E-state index in [1.165, 1.54) is 18.6 Å². The van der Waals surface area contributed by atoms with Gasteiger partial charge < -0.3 is 5.73 Å². The molecule has 0 aliphatic carbocycles. The average Bonchev–Trinajstić information content (AvgIpc) is 2.43. The molecule has 2 nitrogen and oxygen atoms in total. The Hall–Kier alpha value is -0.350. The van der Waals surface area contributed by atoms with Crippen molar-refractivity contribution in [2.24, 2.45) is 11.7 Å². The lowest BCUT2D eigenvalue weighted by molar-refractivity contribution is 0.128. The van der Waals surface area contributed by atoms with Crippen LogP contribution in [-0.4, -0.2) is 24.5 Å². The monoisotopic (exact) mass is 318 g/mol. The van der Waals surface area contributed by atoms with Gasteiger partial charge in [-0.25, -0.2) is 4.39 Å². The Morgan fingerprint density at radius 3 is 2.85 bits per heavy atom. The van der Waals surface area contributed by atoms with Gasteiger partial charge in [0, 0.05) is 17.6 Å². The van der Waals surface area contributed by atoms with Gasteiger partial charge in [-0.1, -0.05) is 23.2 Å². The molecule has 1 heterocycles. The summed E-state index contributed by atoms with van der Waals surface area (Å²) in [6.45, 7) is 4.81. The highest BCUT2D eigenvalue weighted by Gasteiger charge is 2.25. The van der Waals surface area contributed by atoms with Gasteiger partial charge in [-0.3, -0.25) is 4.90 Å². The molecular weight excluding hydrogens is 298 g/mol. The van der Waals surface area contributed by atoms with E-state index in [4.69, 9.17) is 28.9 Å². The topological polar surface area (TPSA) is 29.3 Å². The lowest BCUT2D eigenvalue weighted by Crippen LogP contribution is -2.38. The van der Waals surface area contributed by atoms with Crippen LogP contribution in [0, 0.1) is 11.7 Å². The fraction of sp³-hybridized carbons (Fsp3) is 0.600. The first kappa shape index (κ1) is 16.0. The lowest BCUT2D eigenvalue weighted by atomic mass is 9.93. The number of likely N-dealkylation sites (tertiary alicyclic amines) is 1. The zero-order chi connectivity index (χ0) is 14.7. The Morgan fingerprint density at radius 1 is 1.40 bits per heavy atom. The second-order valence-corrected chi connectivity index (χ2v) is 6.36. The van der Waals surface area contributed by atoms with Gasteiger partial charge >= 0.3 is 0 Å². The molecule has 2 unspecified atom stereocenters. The summed E-state index contributed by atoms with van der Waals surface area (Å²) in [4.78, 5) is 2.36. The normalized spacial score (nSPS) is 21.9. The third kappa shape index (κ3) is 3.64. The summed E-state index contributed by atoms with van der Waals surface area (Å²) in [5.41, 5.74) is 6.46. The molecule has 1 aliphatic heterocycles. The Balaban J connectivity index is 2.14. The molecule has 1 saturated heterocycles. The van der Waals surface area contributed by atoms with Gasteiger partial charge in [0.05, 0.1) is 5.02 Å². The van der Waals surface area contributed by atoms with Gasteiger partial charge in [-0.2, -0.15) is 0 Å². The van der Waals surface area contributed by atoms with Gasteiger partial charge in [0.15, 0.2) is 0 Å². The van der Waals surface area contributed by atoms with E-state index in [-0.39, 0.29) is 11.1 Å². The summed E-state index contributed by atoms with van der Waals surface area (Å²) in [5, 5.41) is 0.607. The summed E-state index contributed by atoms with van der Waals surface area (Å²) >= 11 is 12.0. The van der Waals surface area contributed by atoms with Crippen molar-refractivity contribution in [2.45, 2.75) is 32.2 Å². The summed E-state index contributed by atoms with van der Waals surface area (Å²) in [6.07, 6.45) is 3.43. The van der Waals surface area contributed by atoms with Crippen molar-refractivity contribution >= 4 is 23.2 Å². The predicted molar refractivity (Wildman–Crippen MR) is 82.8 cm³/mol. The highest BCUT2D eigenvalue weighted by molar-refractivity contribution is 6.35. The lowest BCUT2D eigenvalue weighted by Gasteiger charge is -2.37. The number of hydrogen-bond acceptors (Lipinski definition) is 2. The SMILES string of the molecule is CC(c1cc(F)c(Cl)cc1Cl)N1CCCC(CCN)C1. The van der Waals surface area contributed by atoms with Crippen molar-refractivity contribution in [3.63, 3.8) is 0 Å². The minimum Gasteiger partial charge on any atom is -0.330 e. The molecule has 0 amide bonds. The first-order valence-corrected chi connectivity index (χ1v) is 7.87. The van der Waals surface area contributed by atoms with Gasteiger partial charge in [0.1, 0.15) is 5.82 Å². The standard InChI is InChI=1S/C15H21Cl2FN2/c1-10(12-7-15(18)14(17)8-13(12)16)20-6-2-3-11(9-20)4-5-19/h7-8,10-11H,2-6,9,19H2,1H3. The van der Waals surface area contributed by atoms with Crippen molar-refractivity contribution in [3.05, 3.63) is 33.6 Å². The van der Waals surface area contributed by atoms with Crippen molar-refractivity contribution in [1.29, 1.82) is 0 Å². The minimum atomic E-state index is -0.409. The van der Waals surface area contributed by atoms with Crippen LogP contribution >= 0.6 is 23.2 Å². The molecule has 0 radical (unpaired) electrons. The van der Waals surface area contributed by atoms with Gasteiger partial charge in [-0.05, 0) is 62.9 Å². The maximum atomic E-state index is 13.7. The number of hydrogen-bond donors (Lipinski definition) is 1. The maximum absolute atomic E-state index is 13.7. The fourth-order valence-electron chi connectivity index (χ4n) is 2.98. The molecule has 112 valence electrons. The number of nitrogens with zero attached hydrogens (tertiary/aromatic N) is 1. The number of benzene rings is 1. The molecule has 5 heteroatoms. The van der Waals surface area contributed by atoms with Crippen LogP contribution in [0.4, 0.5) is 4.39 Å². The van der Waals surface area contributed by atoms with Gasteiger partial charge in [0.2, 0.25) is 0 Å². The van der Waals surface area contributed by atoms with E-state index in [1.54, 1.807) is 0 Å². The molecule has 20 heavy (non-hydrogen) atoms. The molecular formula is C15H21Cl2FN2. The Morgan fingerprint density at radius 2 is 2.15 bits per heavy atom. The molecule has 0 spiro atoms. The Kier molecular flexibility index (Phi) is 5.67. The molecule has 1 aliphatic rings. The number of rotatable bonds is 4. The average molecular weight is 319 g/mol. The second kappa shape index (κ2) is 7.08. The van der Waals surface area contributed by atoms with Crippen molar-refractivity contribution in [3.8, 4) is 0 Å².